The van der Waals surface area contributed by atoms with E-state index in [2.05, 4.69) is 22.6 Å². The fraction of sp³-hybridized carbons (Fsp3) is 0.400. The molecule has 0 aromatic heterocycles. The second kappa shape index (κ2) is 7.04. The first kappa shape index (κ1) is 19.0. The summed E-state index contributed by atoms with van der Waals surface area (Å²) in [6, 6.07) is 3.44. The van der Waals surface area contributed by atoms with Gasteiger partial charge in [-0.1, -0.05) is 0 Å². The Kier molecular flexibility index (Phi) is 6.70. The summed E-state index contributed by atoms with van der Waals surface area (Å²) in [4.78, 5) is 0. The second-order valence-electron chi connectivity index (χ2n) is 4.14. The molecule has 0 heterocycles. The summed E-state index contributed by atoms with van der Waals surface area (Å²) in [6.07, 6.45) is -3.07. The molecule has 1 rings (SSSR count). The molecule has 4 nitrogen and oxygen atoms in total. The van der Waals surface area contributed by atoms with E-state index in [1.807, 2.05) is 45.2 Å². The van der Waals surface area contributed by atoms with Crippen molar-refractivity contribution in [3.05, 3.63) is 22.8 Å². The van der Waals surface area contributed by atoms with Gasteiger partial charge >= 0.3 is 0 Å². The molecule has 0 saturated heterocycles. The van der Waals surface area contributed by atoms with Crippen LogP contribution in [0.15, 0.2) is 12.1 Å². The first-order valence-electron chi connectivity index (χ1n) is 5.01. The quantitative estimate of drug-likeness (QED) is 0.392. The topological polar surface area (TPSA) is 63.6 Å². The zero-order valence-corrected chi connectivity index (χ0v) is 17.2. The van der Waals surface area contributed by atoms with Crippen molar-refractivity contribution in [1.82, 2.24) is 0 Å². The Morgan fingerprint density at radius 1 is 1.30 bits per heavy atom. The number of halogens is 5. The predicted octanol–water partition coefficient (Wildman–Crippen LogP) is 3.79. The Morgan fingerprint density at radius 2 is 1.75 bits per heavy atom. The summed E-state index contributed by atoms with van der Waals surface area (Å²) < 4.78 is 64.2. The fourth-order valence-electron chi connectivity index (χ4n) is 1.36. The van der Waals surface area contributed by atoms with E-state index >= 15 is 0 Å². The average molecular weight is 644 g/mol. The first-order chi connectivity index (χ1) is 8.94. The van der Waals surface area contributed by atoms with Gasteiger partial charge in [-0.25, -0.2) is 8.78 Å². The second-order valence-corrected chi connectivity index (χ2v) is 9.16. The molecule has 10 heteroatoms. The third kappa shape index (κ3) is 5.31. The van der Waals surface area contributed by atoms with Crippen molar-refractivity contribution in [2.24, 2.45) is 0 Å². The summed E-state index contributed by atoms with van der Waals surface area (Å²) in [6.45, 7) is 0.954. The van der Waals surface area contributed by atoms with Crippen LogP contribution in [0.3, 0.4) is 0 Å². The van der Waals surface area contributed by atoms with Crippen molar-refractivity contribution in [2.45, 2.75) is 19.0 Å². The van der Waals surface area contributed by atoms with Gasteiger partial charge in [0.05, 0.1) is 7.14 Å². The van der Waals surface area contributed by atoms with E-state index in [4.69, 9.17) is 9.29 Å². The molecule has 114 valence electrons. The van der Waals surface area contributed by atoms with Gasteiger partial charge in [-0.05, 0) is 86.8 Å². The lowest BCUT2D eigenvalue weighted by Crippen LogP contribution is -2.47. The van der Waals surface area contributed by atoms with Gasteiger partial charge in [0.15, 0.2) is 5.60 Å². The first-order valence-corrected chi connectivity index (χ1v) is 9.86. The molecule has 20 heavy (non-hydrogen) atoms. The van der Waals surface area contributed by atoms with Crippen LogP contribution in [0.4, 0.5) is 8.78 Å². The van der Waals surface area contributed by atoms with Crippen molar-refractivity contribution in [3.8, 4) is 5.75 Å². The molecule has 1 aromatic carbocycles. The SMILES string of the molecule is CC(CS(=O)(=O)O)(Oc1c(I)cc(I)cc1I)C(F)F. The van der Waals surface area contributed by atoms with E-state index in [1.54, 1.807) is 12.1 Å². The van der Waals surface area contributed by atoms with Crippen LogP contribution in [0, 0.1) is 10.7 Å². The summed E-state index contributed by atoms with van der Waals surface area (Å²) >= 11 is 5.91. The highest BCUT2D eigenvalue weighted by Crippen LogP contribution is 2.34. The zero-order valence-electron chi connectivity index (χ0n) is 9.91. The van der Waals surface area contributed by atoms with Crippen molar-refractivity contribution < 1.29 is 26.5 Å². The molecule has 1 unspecified atom stereocenters. The maximum atomic E-state index is 13.1. The van der Waals surface area contributed by atoms with Gasteiger partial charge in [0.25, 0.3) is 16.5 Å². The molecule has 0 amide bonds. The minimum absolute atomic E-state index is 0.179. The van der Waals surface area contributed by atoms with Gasteiger partial charge in [-0.15, -0.1) is 0 Å². The fourth-order valence-corrected chi connectivity index (χ4v) is 6.07. The Balaban J connectivity index is 3.22. The van der Waals surface area contributed by atoms with Crippen LogP contribution in [0.25, 0.3) is 0 Å². The molecule has 0 bridgehead atoms. The lowest BCUT2D eigenvalue weighted by molar-refractivity contribution is -0.0503. The number of hydrogen-bond donors (Lipinski definition) is 1. The van der Waals surface area contributed by atoms with Crippen molar-refractivity contribution in [2.75, 3.05) is 5.75 Å². The average Bonchev–Trinajstić information content (AvgIpc) is 2.20. The van der Waals surface area contributed by atoms with Crippen LogP contribution < -0.4 is 4.74 Å². The van der Waals surface area contributed by atoms with Crippen LogP contribution in [-0.2, 0) is 10.1 Å². The van der Waals surface area contributed by atoms with E-state index in [0.29, 0.717) is 7.14 Å². The van der Waals surface area contributed by atoms with E-state index in [-0.39, 0.29) is 5.75 Å². The van der Waals surface area contributed by atoms with Crippen LogP contribution in [-0.4, -0.2) is 30.7 Å². The molecule has 1 atom stereocenters. The highest BCUT2D eigenvalue weighted by atomic mass is 127. The minimum atomic E-state index is -4.59. The summed E-state index contributed by atoms with van der Waals surface area (Å²) in [5, 5.41) is 0. The smallest absolute Gasteiger partial charge is 0.278 e. The molecule has 1 N–H and O–H groups in total. The Morgan fingerprint density at radius 3 is 2.10 bits per heavy atom. The lowest BCUT2D eigenvalue weighted by atomic mass is 10.1. The normalized spacial score (nSPS) is 15.2. The van der Waals surface area contributed by atoms with Crippen LogP contribution >= 0.6 is 67.8 Å². The monoisotopic (exact) mass is 644 g/mol. The Labute approximate surface area is 156 Å². The van der Waals surface area contributed by atoms with Crippen molar-refractivity contribution in [1.29, 1.82) is 0 Å². The maximum Gasteiger partial charge on any atom is 0.278 e. The van der Waals surface area contributed by atoms with Gasteiger partial charge in [-0.2, -0.15) is 8.42 Å². The molecule has 0 fully saturated rings. The molecular formula is C10H9F2I3O4S. The van der Waals surface area contributed by atoms with E-state index in [0.717, 1.165) is 10.5 Å². The van der Waals surface area contributed by atoms with Gasteiger partial charge in [0.1, 0.15) is 11.5 Å². The molecule has 0 aliphatic rings. The molecule has 1 aromatic rings. The van der Waals surface area contributed by atoms with E-state index in [1.165, 1.54) is 0 Å². The molecular weight excluding hydrogens is 635 g/mol. The number of alkyl halides is 2. The number of hydrogen-bond acceptors (Lipinski definition) is 3. The van der Waals surface area contributed by atoms with Gasteiger partial charge in [0, 0.05) is 3.57 Å². The highest BCUT2D eigenvalue weighted by molar-refractivity contribution is 14.1. The van der Waals surface area contributed by atoms with Gasteiger partial charge in [-0.3, -0.25) is 4.55 Å². The molecule has 0 aliphatic heterocycles. The van der Waals surface area contributed by atoms with Crippen LogP contribution in [0.2, 0.25) is 0 Å². The summed E-state index contributed by atoms with van der Waals surface area (Å²) in [7, 11) is -4.59. The Bertz CT molecular complexity index is 586. The number of ether oxygens (including phenoxy) is 1. The third-order valence-corrected chi connectivity index (χ3v) is 5.39. The largest absolute Gasteiger partial charge is 0.478 e. The van der Waals surface area contributed by atoms with Crippen molar-refractivity contribution >= 4 is 77.9 Å². The summed E-state index contributed by atoms with van der Waals surface area (Å²) in [5.74, 6) is -1.01. The zero-order chi connectivity index (χ0) is 15.7. The van der Waals surface area contributed by atoms with Gasteiger partial charge in [0.2, 0.25) is 0 Å². The molecule has 0 radical (unpaired) electrons. The highest BCUT2D eigenvalue weighted by Gasteiger charge is 2.42. The minimum Gasteiger partial charge on any atom is -0.478 e. The van der Waals surface area contributed by atoms with Crippen LogP contribution in [0.1, 0.15) is 6.92 Å². The lowest BCUT2D eigenvalue weighted by Gasteiger charge is -2.29. The van der Waals surface area contributed by atoms with Crippen LogP contribution in [0.5, 0.6) is 5.75 Å². The molecule has 0 spiro atoms. The number of rotatable bonds is 5. The third-order valence-electron chi connectivity index (χ3n) is 2.23. The Hall–Kier alpha value is 0.980. The summed E-state index contributed by atoms with van der Waals surface area (Å²) in [5.41, 5.74) is -2.32. The van der Waals surface area contributed by atoms with E-state index < -0.39 is 27.9 Å². The molecule has 0 saturated carbocycles. The van der Waals surface area contributed by atoms with Crippen molar-refractivity contribution in [3.63, 3.8) is 0 Å². The maximum absolute atomic E-state index is 13.1. The standard InChI is InChI=1S/C10H9F2I3O4S/c1-10(9(11)12,4-20(16,17)18)19-8-6(14)2-5(13)3-7(8)15/h2-3,9H,4H2,1H3,(H,16,17,18). The van der Waals surface area contributed by atoms with E-state index in [9.17, 15) is 17.2 Å². The predicted molar refractivity (Wildman–Crippen MR) is 96.0 cm³/mol. The number of benzene rings is 1. The molecule has 0 aliphatic carbocycles. The van der Waals surface area contributed by atoms with Gasteiger partial charge < -0.3 is 4.74 Å².